The highest BCUT2D eigenvalue weighted by Crippen LogP contribution is 2.31. The van der Waals surface area contributed by atoms with Crippen molar-refractivity contribution in [1.82, 2.24) is 5.32 Å². The van der Waals surface area contributed by atoms with E-state index >= 15 is 0 Å². The zero-order valence-corrected chi connectivity index (χ0v) is 15.4. The van der Waals surface area contributed by atoms with Gasteiger partial charge in [0.25, 0.3) is 0 Å². The van der Waals surface area contributed by atoms with Gasteiger partial charge >= 0.3 is 0 Å². The fourth-order valence-electron chi connectivity index (χ4n) is 2.06. The van der Waals surface area contributed by atoms with Crippen LogP contribution in [0.2, 0.25) is 10.0 Å². The van der Waals surface area contributed by atoms with Crippen molar-refractivity contribution < 1.29 is 0 Å². The summed E-state index contributed by atoms with van der Waals surface area (Å²) in [7, 11) is 1.95. The first-order chi connectivity index (χ1) is 9.51. The molecule has 5 heteroatoms. The quantitative estimate of drug-likeness (QED) is 0.616. The second kappa shape index (κ2) is 7.28. The third-order valence-electron chi connectivity index (χ3n) is 3.12. The molecule has 2 aromatic rings. The summed E-state index contributed by atoms with van der Waals surface area (Å²) in [5.74, 6) is 0. The summed E-state index contributed by atoms with van der Waals surface area (Å²) < 4.78 is 2.13. The third kappa shape index (κ3) is 3.99. The van der Waals surface area contributed by atoms with Gasteiger partial charge in [-0.15, -0.1) is 0 Å². The van der Waals surface area contributed by atoms with Crippen molar-refractivity contribution in [2.75, 3.05) is 7.05 Å². The van der Waals surface area contributed by atoms with Crippen LogP contribution in [-0.2, 0) is 6.42 Å². The van der Waals surface area contributed by atoms with E-state index in [1.165, 1.54) is 5.56 Å². The van der Waals surface area contributed by atoms with E-state index in [9.17, 15) is 0 Å². The molecule has 106 valence electrons. The Morgan fingerprint density at radius 2 is 1.85 bits per heavy atom. The standard InChI is InChI=1S/C15H13Br2Cl2N/c1-20-15(12-7-10(16)3-5-13(12)17)6-9-2-4-11(18)8-14(9)19/h2-5,7-8,15,20H,6H2,1H3. The van der Waals surface area contributed by atoms with Gasteiger partial charge in [0.2, 0.25) is 0 Å². The van der Waals surface area contributed by atoms with Gasteiger partial charge in [-0.05, 0) is 54.9 Å². The average molecular weight is 438 g/mol. The van der Waals surface area contributed by atoms with Crippen LogP contribution in [0.4, 0.5) is 0 Å². The molecule has 2 rings (SSSR count). The van der Waals surface area contributed by atoms with Gasteiger partial charge in [0, 0.05) is 25.0 Å². The van der Waals surface area contributed by atoms with Gasteiger partial charge in [-0.2, -0.15) is 0 Å². The zero-order chi connectivity index (χ0) is 14.7. The molecule has 2 aromatic carbocycles. The number of hydrogen-bond donors (Lipinski definition) is 1. The molecule has 0 spiro atoms. The molecule has 1 unspecified atom stereocenters. The Hall–Kier alpha value is -0.0600. The van der Waals surface area contributed by atoms with Gasteiger partial charge in [0.15, 0.2) is 0 Å². The van der Waals surface area contributed by atoms with Gasteiger partial charge in [-0.25, -0.2) is 0 Å². The summed E-state index contributed by atoms with van der Waals surface area (Å²) in [5, 5.41) is 4.69. The van der Waals surface area contributed by atoms with Crippen LogP contribution < -0.4 is 5.32 Å². The SMILES string of the molecule is CNC(Cc1ccc(Cl)cc1Cl)c1cc(Br)ccc1Br. The number of likely N-dealkylation sites (N-methyl/N-ethyl adjacent to an activating group) is 1. The van der Waals surface area contributed by atoms with E-state index in [0.29, 0.717) is 10.0 Å². The molecular formula is C15H13Br2Cl2N. The molecule has 0 saturated carbocycles. The molecular weight excluding hydrogens is 425 g/mol. The molecule has 0 bridgehead atoms. The van der Waals surface area contributed by atoms with Crippen molar-refractivity contribution in [1.29, 1.82) is 0 Å². The Balaban J connectivity index is 2.31. The van der Waals surface area contributed by atoms with Crippen LogP contribution in [-0.4, -0.2) is 7.05 Å². The lowest BCUT2D eigenvalue weighted by Crippen LogP contribution is -2.19. The molecule has 0 aliphatic rings. The summed E-state index contributed by atoms with van der Waals surface area (Å²) in [6.07, 6.45) is 0.793. The molecule has 1 nitrogen and oxygen atoms in total. The minimum absolute atomic E-state index is 0.167. The first-order valence-corrected chi connectivity index (χ1v) is 8.41. The van der Waals surface area contributed by atoms with Crippen LogP contribution in [0.1, 0.15) is 17.2 Å². The molecule has 0 saturated heterocycles. The topological polar surface area (TPSA) is 12.0 Å². The predicted molar refractivity (Wildman–Crippen MR) is 93.8 cm³/mol. The molecule has 0 aliphatic carbocycles. The molecule has 0 heterocycles. The summed E-state index contributed by atoms with van der Waals surface area (Å²) in [6, 6.07) is 11.9. The van der Waals surface area contributed by atoms with E-state index in [2.05, 4.69) is 43.2 Å². The van der Waals surface area contributed by atoms with E-state index in [4.69, 9.17) is 23.2 Å². The number of halogens is 4. The third-order valence-corrected chi connectivity index (χ3v) is 4.92. The first-order valence-electron chi connectivity index (χ1n) is 6.07. The van der Waals surface area contributed by atoms with Crippen molar-refractivity contribution in [3.8, 4) is 0 Å². The largest absolute Gasteiger partial charge is 0.313 e. The van der Waals surface area contributed by atoms with Gasteiger partial charge in [0.05, 0.1) is 0 Å². The minimum Gasteiger partial charge on any atom is -0.313 e. The van der Waals surface area contributed by atoms with E-state index in [-0.39, 0.29) is 6.04 Å². The van der Waals surface area contributed by atoms with Crippen LogP contribution in [0, 0.1) is 0 Å². The Morgan fingerprint density at radius 3 is 2.50 bits per heavy atom. The van der Waals surface area contributed by atoms with Gasteiger partial charge < -0.3 is 5.32 Å². The molecule has 20 heavy (non-hydrogen) atoms. The average Bonchev–Trinajstić information content (AvgIpc) is 2.41. The highest BCUT2D eigenvalue weighted by atomic mass is 79.9. The lowest BCUT2D eigenvalue weighted by Gasteiger charge is -2.19. The number of rotatable bonds is 4. The monoisotopic (exact) mass is 435 g/mol. The first kappa shape index (κ1) is 16.3. The van der Waals surface area contributed by atoms with Crippen LogP contribution in [0.15, 0.2) is 45.3 Å². The highest BCUT2D eigenvalue weighted by Gasteiger charge is 2.15. The van der Waals surface area contributed by atoms with Gasteiger partial charge in [0.1, 0.15) is 0 Å². The summed E-state index contributed by atoms with van der Waals surface area (Å²) in [4.78, 5) is 0. The highest BCUT2D eigenvalue weighted by molar-refractivity contribution is 9.11. The van der Waals surface area contributed by atoms with Crippen molar-refractivity contribution in [2.24, 2.45) is 0 Å². The molecule has 0 amide bonds. The summed E-state index contributed by atoms with van der Waals surface area (Å²) in [6.45, 7) is 0. The minimum atomic E-state index is 0.167. The molecule has 1 N–H and O–H groups in total. The Morgan fingerprint density at radius 1 is 1.10 bits per heavy atom. The second-order valence-electron chi connectivity index (χ2n) is 4.45. The van der Waals surface area contributed by atoms with E-state index in [0.717, 1.165) is 20.9 Å². The van der Waals surface area contributed by atoms with Gasteiger partial charge in [-0.3, -0.25) is 0 Å². The fourth-order valence-corrected chi connectivity index (χ4v) is 3.44. The Kier molecular flexibility index (Phi) is 5.94. The van der Waals surface area contributed by atoms with E-state index < -0.39 is 0 Å². The number of benzene rings is 2. The lowest BCUT2D eigenvalue weighted by molar-refractivity contribution is 0.589. The van der Waals surface area contributed by atoms with Crippen LogP contribution in [0.5, 0.6) is 0 Å². The van der Waals surface area contributed by atoms with Crippen LogP contribution in [0.25, 0.3) is 0 Å². The maximum absolute atomic E-state index is 6.26. The molecule has 0 radical (unpaired) electrons. The second-order valence-corrected chi connectivity index (χ2v) is 7.06. The van der Waals surface area contributed by atoms with E-state index in [1.54, 1.807) is 6.07 Å². The fraction of sp³-hybridized carbons (Fsp3) is 0.200. The van der Waals surface area contributed by atoms with Crippen molar-refractivity contribution >= 4 is 55.1 Å². The Bertz CT molecular complexity index is 617. The number of nitrogens with one attached hydrogen (secondary N) is 1. The Labute approximate surface area is 145 Å². The molecule has 1 atom stereocenters. The maximum Gasteiger partial charge on any atom is 0.0453 e. The predicted octanol–water partition coefficient (Wildman–Crippen LogP) is 6.02. The van der Waals surface area contributed by atoms with Crippen molar-refractivity contribution in [2.45, 2.75) is 12.5 Å². The van der Waals surface area contributed by atoms with Gasteiger partial charge in [-0.1, -0.05) is 61.1 Å². The molecule has 0 fully saturated rings. The van der Waals surface area contributed by atoms with Crippen molar-refractivity contribution in [3.63, 3.8) is 0 Å². The van der Waals surface area contributed by atoms with Crippen molar-refractivity contribution in [3.05, 3.63) is 66.5 Å². The normalized spacial score (nSPS) is 12.4. The molecule has 0 aliphatic heterocycles. The zero-order valence-electron chi connectivity index (χ0n) is 10.8. The summed E-state index contributed by atoms with van der Waals surface area (Å²) >= 11 is 19.3. The number of hydrogen-bond acceptors (Lipinski definition) is 1. The van der Waals surface area contributed by atoms with Crippen LogP contribution in [0.3, 0.4) is 0 Å². The maximum atomic E-state index is 6.26. The smallest absolute Gasteiger partial charge is 0.0453 e. The summed E-state index contributed by atoms with van der Waals surface area (Å²) in [5.41, 5.74) is 2.26. The lowest BCUT2D eigenvalue weighted by atomic mass is 9.99. The molecule has 0 aromatic heterocycles. The van der Waals surface area contributed by atoms with E-state index in [1.807, 2.05) is 31.3 Å². The van der Waals surface area contributed by atoms with Crippen LogP contribution >= 0.6 is 55.1 Å².